The Labute approximate surface area is 255 Å². The lowest BCUT2D eigenvalue weighted by Gasteiger charge is -2.53. The Hall–Kier alpha value is -3.78. The standard InChI is InChI=1S/C36H22N2P2S2/c41-39-31-19-7-3-13-25(31)23-11-1-5-15-27(23)37(39)29-17-9-18-30-35(29)36-33(39)21-10-22-34(36)40(42)32-20-8-4-14-26(32)24-12-2-6-16-28(24)38(30)40/h1-22H. The highest BCUT2D eigenvalue weighted by atomic mass is 32.4. The van der Waals surface area contributed by atoms with Gasteiger partial charge in [-0.3, -0.25) is 0 Å². The number of hydrogen-bond donors (Lipinski definition) is 0. The summed E-state index contributed by atoms with van der Waals surface area (Å²) in [5, 5.41) is 5.04. The van der Waals surface area contributed by atoms with Crippen molar-refractivity contribution < 1.29 is 0 Å². The first-order valence-electron chi connectivity index (χ1n) is 14.1. The van der Waals surface area contributed by atoms with E-state index in [1.807, 2.05) is 0 Å². The average molecular weight is 609 g/mol. The third kappa shape index (κ3) is 2.57. The molecule has 10 rings (SSSR count). The molecule has 0 saturated carbocycles. The summed E-state index contributed by atoms with van der Waals surface area (Å²) in [4.78, 5) is 0. The van der Waals surface area contributed by atoms with Crippen LogP contribution in [-0.2, 0) is 23.6 Å². The first-order chi connectivity index (χ1) is 20.6. The molecule has 0 aliphatic carbocycles. The molecule has 4 aliphatic rings. The zero-order chi connectivity index (χ0) is 27.8. The highest BCUT2D eigenvalue weighted by Crippen LogP contribution is 2.72. The van der Waals surface area contributed by atoms with Crippen LogP contribution in [0.15, 0.2) is 133 Å². The summed E-state index contributed by atoms with van der Waals surface area (Å²) in [7, 11) is 0. The Bertz CT molecular complexity index is 2160. The maximum absolute atomic E-state index is 7.04. The first kappa shape index (κ1) is 23.7. The summed E-state index contributed by atoms with van der Waals surface area (Å²) in [6.45, 7) is 0. The highest BCUT2D eigenvalue weighted by molar-refractivity contribution is 8.24. The maximum atomic E-state index is 7.04. The van der Waals surface area contributed by atoms with E-state index in [1.165, 1.54) is 77.3 Å². The van der Waals surface area contributed by atoms with E-state index in [1.54, 1.807) is 0 Å². The molecule has 6 aromatic rings. The van der Waals surface area contributed by atoms with E-state index in [2.05, 4.69) is 143 Å². The average Bonchev–Trinajstić information content (AvgIpc) is 3.05. The van der Waals surface area contributed by atoms with Gasteiger partial charge >= 0.3 is 0 Å². The van der Waals surface area contributed by atoms with Crippen LogP contribution in [0.3, 0.4) is 0 Å². The van der Waals surface area contributed by atoms with Crippen molar-refractivity contribution in [3.63, 3.8) is 0 Å². The van der Waals surface area contributed by atoms with E-state index in [0.29, 0.717) is 0 Å². The molecule has 198 valence electrons. The van der Waals surface area contributed by atoms with Crippen molar-refractivity contribution in [2.45, 2.75) is 0 Å². The molecule has 42 heavy (non-hydrogen) atoms. The smallest absolute Gasteiger partial charge is 0.0985 e. The lowest BCUT2D eigenvalue weighted by molar-refractivity contribution is 1.34. The van der Waals surface area contributed by atoms with E-state index >= 15 is 0 Å². The minimum Gasteiger partial charge on any atom is -0.304 e. The van der Waals surface area contributed by atoms with Gasteiger partial charge in [0.05, 0.1) is 35.1 Å². The Morgan fingerprint density at radius 2 is 0.690 bits per heavy atom. The van der Waals surface area contributed by atoms with Crippen molar-refractivity contribution >= 4 is 80.0 Å². The monoisotopic (exact) mass is 608 g/mol. The lowest BCUT2D eigenvalue weighted by Crippen LogP contribution is -2.44. The summed E-state index contributed by atoms with van der Waals surface area (Å²) in [6.07, 6.45) is -4.97. The molecule has 0 saturated heterocycles. The number of hydrogen-bond acceptors (Lipinski definition) is 2. The fourth-order valence-electron chi connectivity index (χ4n) is 7.69. The molecule has 6 aromatic carbocycles. The highest BCUT2D eigenvalue weighted by Gasteiger charge is 2.51. The predicted molar refractivity (Wildman–Crippen MR) is 187 cm³/mol. The van der Waals surface area contributed by atoms with Crippen LogP contribution < -0.4 is 30.6 Å². The van der Waals surface area contributed by atoms with E-state index in [4.69, 9.17) is 23.6 Å². The van der Waals surface area contributed by atoms with Gasteiger partial charge in [0.15, 0.2) is 0 Å². The lowest BCUT2D eigenvalue weighted by atomic mass is 9.97. The van der Waals surface area contributed by atoms with Gasteiger partial charge in [0.2, 0.25) is 0 Å². The number of anilines is 4. The van der Waals surface area contributed by atoms with Crippen LogP contribution in [0.1, 0.15) is 0 Å². The second-order valence-electron chi connectivity index (χ2n) is 11.2. The summed E-state index contributed by atoms with van der Waals surface area (Å²) >= 11 is 14.1. The largest absolute Gasteiger partial charge is 0.304 e. The molecule has 0 aromatic heterocycles. The van der Waals surface area contributed by atoms with Crippen LogP contribution >= 0.6 is 12.4 Å². The van der Waals surface area contributed by atoms with Gasteiger partial charge < -0.3 is 9.34 Å². The topological polar surface area (TPSA) is 6.48 Å². The second-order valence-corrected chi connectivity index (χ2v) is 19.4. The van der Waals surface area contributed by atoms with Gasteiger partial charge in [-0.15, -0.1) is 0 Å². The van der Waals surface area contributed by atoms with Gasteiger partial charge in [0.1, 0.15) is 0 Å². The molecule has 0 spiro atoms. The zero-order valence-electron chi connectivity index (χ0n) is 22.3. The summed E-state index contributed by atoms with van der Waals surface area (Å²) in [5.41, 5.74) is 12.3. The van der Waals surface area contributed by atoms with E-state index in [-0.39, 0.29) is 0 Å². The van der Waals surface area contributed by atoms with Gasteiger partial charge in [-0.2, -0.15) is 0 Å². The van der Waals surface area contributed by atoms with Crippen LogP contribution in [0.2, 0.25) is 0 Å². The number of nitrogens with zero attached hydrogens (tertiary/aromatic N) is 2. The summed E-state index contributed by atoms with van der Waals surface area (Å²) < 4.78 is 5.06. The molecule has 2 atom stereocenters. The number of fused-ring (bicyclic) bond motifs is 16. The third-order valence-electron chi connectivity index (χ3n) is 9.27. The van der Waals surface area contributed by atoms with Gasteiger partial charge in [0, 0.05) is 43.5 Å². The minimum absolute atomic E-state index is 1.19. The SMILES string of the molecule is S=P12c3ccccc3-c3ccccc3N1c1cccc3c1-c1c2cccc1P1(=S)c2ccccc2-c2ccccc2N31. The molecular formula is C36H22N2P2S2. The predicted octanol–water partition coefficient (Wildman–Crippen LogP) is 8.31. The molecule has 2 nitrogen and oxygen atoms in total. The normalized spacial score (nSPS) is 21.1. The molecule has 4 heterocycles. The Morgan fingerprint density at radius 3 is 1.19 bits per heavy atom. The van der Waals surface area contributed by atoms with Crippen molar-refractivity contribution in [1.29, 1.82) is 0 Å². The van der Waals surface area contributed by atoms with Gasteiger partial charge in [-0.1, -0.05) is 133 Å². The quantitative estimate of drug-likeness (QED) is 0.160. The first-order valence-corrected chi connectivity index (χ1v) is 19.6. The second kappa shape index (κ2) is 7.98. The Kier molecular flexibility index (Phi) is 4.51. The van der Waals surface area contributed by atoms with Crippen molar-refractivity contribution in [3.05, 3.63) is 133 Å². The number of benzene rings is 6. The zero-order valence-corrected chi connectivity index (χ0v) is 25.7. The molecule has 6 heteroatoms. The van der Waals surface area contributed by atoms with Crippen molar-refractivity contribution in [3.8, 4) is 33.4 Å². The fourth-order valence-corrected chi connectivity index (χ4v) is 17.2. The van der Waals surface area contributed by atoms with Crippen LogP contribution in [0.25, 0.3) is 33.4 Å². The number of para-hydroxylation sites is 2. The molecule has 0 N–H and O–H groups in total. The van der Waals surface area contributed by atoms with Crippen LogP contribution in [0.4, 0.5) is 22.7 Å². The molecule has 0 bridgehead atoms. The van der Waals surface area contributed by atoms with E-state index in [0.717, 1.165) is 0 Å². The van der Waals surface area contributed by atoms with Crippen molar-refractivity contribution in [1.82, 2.24) is 0 Å². The summed E-state index contributed by atoms with van der Waals surface area (Å²) in [5.74, 6) is 0. The van der Waals surface area contributed by atoms with E-state index in [9.17, 15) is 0 Å². The van der Waals surface area contributed by atoms with Crippen LogP contribution in [0, 0.1) is 0 Å². The molecule has 0 radical (unpaired) electrons. The van der Waals surface area contributed by atoms with E-state index < -0.39 is 12.4 Å². The molecule has 0 fully saturated rings. The van der Waals surface area contributed by atoms with Gasteiger partial charge in [-0.25, -0.2) is 0 Å². The minimum atomic E-state index is -2.48. The Balaban J connectivity index is 1.41. The summed E-state index contributed by atoms with van der Waals surface area (Å²) in [6, 6.07) is 48.8. The van der Waals surface area contributed by atoms with Crippen molar-refractivity contribution in [2.75, 3.05) is 9.34 Å². The molecule has 4 aliphatic heterocycles. The van der Waals surface area contributed by atoms with Gasteiger partial charge in [-0.05, 0) is 35.4 Å². The molecule has 2 unspecified atom stereocenters. The van der Waals surface area contributed by atoms with Gasteiger partial charge in [0.25, 0.3) is 0 Å². The number of rotatable bonds is 0. The van der Waals surface area contributed by atoms with Crippen LogP contribution in [-0.4, -0.2) is 0 Å². The fraction of sp³-hybridized carbons (Fsp3) is 0. The molecule has 0 amide bonds. The van der Waals surface area contributed by atoms with Crippen molar-refractivity contribution in [2.24, 2.45) is 0 Å². The Morgan fingerprint density at radius 1 is 0.333 bits per heavy atom. The third-order valence-corrected chi connectivity index (χ3v) is 18.7. The van der Waals surface area contributed by atoms with Crippen LogP contribution in [0.5, 0.6) is 0 Å². The maximum Gasteiger partial charge on any atom is 0.0985 e. The molecular weight excluding hydrogens is 586 g/mol.